The van der Waals surface area contributed by atoms with Crippen LogP contribution < -0.4 is 5.32 Å². The number of amides is 3. The summed E-state index contributed by atoms with van der Waals surface area (Å²) in [5.74, 6) is -0.179. The lowest BCUT2D eigenvalue weighted by Gasteiger charge is -2.29. The van der Waals surface area contributed by atoms with E-state index >= 15 is 0 Å². The molecule has 8 nitrogen and oxygen atoms in total. The Bertz CT molecular complexity index is 1170. The van der Waals surface area contributed by atoms with Gasteiger partial charge in [0.2, 0.25) is 0 Å². The van der Waals surface area contributed by atoms with E-state index in [1.807, 2.05) is 19.1 Å². The number of rotatable bonds is 4. The first-order valence-electron chi connectivity index (χ1n) is 10.4. The van der Waals surface area contributed by atoms with Gasteiger partial charge in [0.05, 0.1) is 12.1 Å². The topological polar surface area (TPSA) is 110 Å². The second-order valence-corrected chi connectivity index (χ2v) is 8.10. The predicted octanol–water partition coefficient (Wildman–Crippen LogP) is 4.72. The molecule has 1 saturated heterocycles. The van der Waals surface area contributed by atoms with Crippen molar-refractivity contribution in [2.24, 2.45) is 0 Å². The molecular weight excluding hydrogens is 410 g/mol. The van der Waals surface area contributed by atoms with Crippen LogP contribution in [-0.2, 0) is 0 Å². The SMILES string of the molecule is Cc1cc(C(=O)Nc2ccc(-c3ccc(C(=O)[N+]4(C(=O)O)CCC[C@H]4C)cc3)cc2)no1. The normalized spacial score (nSPS) is 20.1. The number of anilines is 1. The minimum absolute atomic E-state index is 0.209. The van der Waals surface area contributed by atoms with E-state index in [0.29, 0.717) is 23.6 Å². The van der Waals surface area contributed by atoms with E-state index in [0.717, 1.165) is 24.0 Å². The zero-order chi connectivity index (χ0) is 22.9. The highest BCUT2D eigenvalue weighted by atomic mass is 16.5. The van der Waals surface area contributed by atoms with Crippen LogP contribution in [0.4, 0.5) is 10.5 Å². The summed E-state index contributed by atoms with van der Waals surface area (Å²) in [7, 11) is 0. The van der Waals surface area contributed by atoms with Gasteiger partial charge in [-0.1, -0.05) is 29.4 Å². The molecule has 1 aromatic heterocycles. The van der Waals surface area contributed by atoms with Crippen molar-refractivity contribution in [3.05, 3.63) is 71.6 Å². The summed E-state index contributed by atoms with van der Waals surface area (Å²) in [5, 5.41) is 16.2. The lowest BCUT2D eigenvalue weighted by molar-refractivity contribution is -0.785. The lowest BCUT2D eigenvalue weighted by atomic mass is 10.0. The van der Waals surface area contributed by atoms with Crippen molar-refractivity contribution < 1.29 is 28.5 Å². The number of imide groups is 1. The third-order valence-electron chi connectivity index (χ3n) is 6.06. The molecule has 2 heterocycles. The molecule has 0 radical (unpaired) electrons. The molecule has 3 aromatic rings. The summed E-state index contributed by atoms with van der Waals surface area (Å²) in [5.41, 5.74) is 2.98. The zero-order valence-electron chi connectivity index (χ0n) is 17.9. The molecule has 8 heteroatoms. The fourth-order valence-corrected chi connectivity index (χ4v) is 4.20. The number of carbonyl (C=O) groups is 3. The quantitative estimate of drug-likeness (QED) is 0.575. The van der Waals surface area contributed by atoms with Gasteiger partial charge < -0.3 is 14.9 Å². The third-order valence-corrected chi connectivity index (χ3v) is 6.06. The van der Waals surface area contributed by atoms with Crippen LogP contribution in [0.2, 0.25) is 0 Å². The van der Waals surface area contributed by atoms with E-state index < -0.39 is 10.6 Å². The van der Waals surface area contributed by atoms with Crippen LogP contribution >= 0.6 is 0 Å². The van der Waals surface area contributed by atoms with Crippen molar-refractivity contribution in [2.75, 3.05) is 11.9 Å². The van der Waals surface area contributed by atoms with Gasteiger partial charge in [0.15, 0.2) is 5.69 Å². The smallest absolute Gasteiger partial charge is 0.435 e. The molecule has 0 aliphatic carbocycles. The Morgan fingerprint density at radius 1 is 1.06 bits per heavy atom. The molecule has 0 spiro atoms. The van der Waals surface area contributed by atoms with Gasteiger partial charge in [-0.3, -0.25) is 4.79 Å². The molecule has 1 aliphatic rings. The number of carbonyl (C=O) groups excluding carboxylic acids is 2. The standard InChI is InChI=1S/C24H23N3O5/c1-15-4-3-13-27(15,24(30)31)23(29)19-7-5-17(6-8-19)18-9-11-20(12-10-18)25-22(28)21-14-16(2)32-26-21/h5-12,14-15H,3-4,13H2,1-2H3,(H-,25,28,29,30,31)/p+1/t15-,27?/m1/s1. The van der Waals surface area contributed by atoms with Crippen LogP contribution in [0.1, 0.15) is 46.4 Å². The second-order valence-electron chi connectivity index (χ2n) is 8.10. The van der Waals surface area contributed by atoms with Gasteiger partial charge in [-0.15, -0.1) is 0 Å². The number of hydrogen-bond donors (Lipinski definition) is 2. The van der Waals surface area contributed by atoms with Crippen LogP contribution in [0, 0.1) is 6.92 Å². The number of quaternary nitrogens is 1. The highest BCUT2D eigenvalue weighted by molar-refractivity contribution is 6.03. The highest BCUT2D eigenvalue weighted by Gasteiger charge is 2.53. The molecule has 2 N–H and O–H groups in total. The molecule has 1 unspecified atom stereocenters. The molecule has 1 fully saturated rings. The number of hydrogen-bond acceptors (Lipinski definition) is 5. The Hall–Kier alpha value is -3.78. The molecule has 1 aliphatic heterocycles. The van der Waals surface area contributed by atoms with Crippen LogP contribution in [0.3, 0.4) is 0 Å². The number of likely N-dealkylation sites (tertiary alicyclic amines) is 1. The highest BCUT2D eigenvalue weighted by Crippen LogP contribution is 2.31. The minimum atomic E-state index is -1.09. The van der Waals surface area contributed by atoms with E-state index in [9.17, 15) is 19.5 Å². The fourth-order valence-electron chi connectivity index (χ4n) is 4.20. The number of nitrogens with one attached hydrogen (secondary N) is 1. The van der Waals surface area contributed by atoms with Crippen LogP contribution in [0.5, 0.6) is 0 Å². The number of carboxylic acid groups (broad SMARTS) is 1. The summed E-state index contributed by atoms with van der Waals surface area (Å²) in [6.07, 6.45) is 0.341. The second kappa shape index (κ2) is 8.39. The minimum Gasteiger partial charge on any atom is -0.435 e. The molecule has 3 amide bonds. The predicted molar refractivity (Wildman–Crippen MR) is 117 cm³/mol. The molecule has 32 heavy (non-hydrogen) atoms. The fraction of sp³-hybridized carbons (Fsp3) is 0.250. The Labute approximate surface area is 185 Å². The van der Waals surface area contributed by atoms with Crippen molar-refractivity contribution in [3.63, 3.8) is 0 Å². The number of aromatic nitrogens is 1. The first-order chi connectivity index (χ1) is 15.3. The van der Waals surface area contributed by atoms with Gasteiger partial charge >= 0.3 is 12.0 Å². The van der Waals surface area contributed by atoms with Gasteiger partial charge in [0.1, 0.15) is 11.8 Å². The first-order valence-corrected chi connectivity index (χ1v) is 10.4. The van der Waals surface area contributed by atoms with Crippen molar-refractivity contribution in [3.8, 4) is 11.1 Å². The monoisotopic (exact) mass is 434 g/mol. The molecular formula is C24H24N3O5+. The maximum absolute atomic E-state index is 13.1. The molecule has 0 saturated carbocycles. The van der Waals surface area contributed by atoms with Gasteiger partial charge in [-0.2, -0.15) is 9.28 Å². The van der Waals surface area contributed by atoms with E-state index in [1.54, 1.807) is 49.4 Å². The number of nitrogens with zero attached hydrogens (tertiary/aromatic N) is 2. The maximum atomic E-state index is 13.1. The third kappa shape index (κ3) is 3.80. The van der Waals surface area contributed by atoms with Crippen molar-refractivity contribution in [1.82, 2.24) is 5.16 Å². The molecule has 2 atom stereocenters. The Balaban J connectivity index is 1.49. The number of benzene rings is 2. The van der Waals surface area contributed by atoms with Crippen molar-refractivity contribution in [2.45, 2.75) is 32.7 Å². The summed E-state index contributed by atoms with van der Waals surface area (Å²) < 4.78 is 4.37. The van der Waals surface area contributed by atoms with E-state index in [4.69, 9.17) is 4.52 Å². The van der Waals surface area contributed by atoms with Crippen LogP contribution in [-0.4, -0.2) is 45.2 Å². The zero-order valence-corrected chi connectivity index (χ0v) is 17.9. The van der Waals surface area contributed by atoms with E-state index in [-0.39, 0.29) is 23.6 Å². The van der Waals surface area contributed by atoms with Crippen LogP contribution in [0.15, 0.2) is 59.1 Å². The van der Waals surface area contributed by atoms with E-state index in [1.165, 1.54) is 0 Å². The largest absolute Gasteiger partial charge is 0.521 e. The Morgan fingerprint density at radius 2 is 1.69 bits per heavy atom. The first kappa shape index (κ1) is 21.5. The van der Waals surface area contributed by atoms with E-state index in [2.05, 4.69) is 10.5 Å². The van der Waals surface area contributed by atoms with Crippen molar-refractivity contribution >= 4 is 23.6 Å². The van der Waals surface area contributed by atoms with Crippen molar-refractivity contribution in [1.29, 1.82) is 0 Å². The average molecular weight is 434 g/mol. The van der Waals surface area contributed by atoms with Gasteiger partial charge in [0, 0.05) is 24.6 Å². The Kier molecular flexibility index (Phi) is 5.63. The molecule has 2 aromatic carbocycles. The van der Waals surface area contributed by atoms with Crippen LogP contribution in [0.25, 0.3) is 11.1 Å². The molecule has 0 bridgehead atoms. The van der Waals surface area contributed by atoms with Gasteiger partial charge in [0.25, 0.3) is 5.91 Å². The lowest BCUT2D eigenvalue weighted by Crippen LogP contribution is -2.58. The van der Waals surface area contributed by atoms with Gasteiger partial charge in [-0.05, 0) is 49.2 Å². The maximum Gasteiger partial charge on any atom is 0.521 e. The van der Waals surface area contributed by atoms with Gasteiger partial charge in [-0.25, -0.2) is 4.79 Å². The summed E-state index contributed by atoms with van der Waals surface area (Å²) >= 11 is 0. The molecule has 4 rings (SSSR count). The summed E-state index contributed by atoms with van der Waals surface area (Å²) in [6.45, 7) is 3.85. The average Bonchev–Trinajstić information content (AvgIpc) is 3.40. The summed E-state index contributed by atoms with van der Waals surface area (Å²) in [6, 6.07) is 15.5. The Morgan fingerprint density at radius 3 is 2.19 bits per heavy atom. The summed E-state index contributed by atoms with van der Waals surface area (Å²) in [4.78, 5) is 37.2. The molecule has 164 valence electrons. The number of aryl methyl sites for hydroxylation is 1.